The number of hydrogen-bond acceptors (Lipinski definition) is 3. The van der Waals surface area contributed by atoms with Crippen molar-refractivity contribution in [3.8, 4) is 5.75 Å². The number of rotatable bonds is 6. The van der Waals surface area contributed by atoms with Crippen molar-refractivity contribution in [2.45, 2.75) is 51.2 Å². The molecule has 0 aliphatic carbocycles. The number of benzene rings is 1. The van der Waals surface area contributed by atoms with Crippen LogP contribution < -0.4 is 5.32 Å². The molecule has 0 saturated carbocycles. The van der Waals surface area contributed by atoms with E-state index in [0.717, 1.165) is 26.0 Å². The van der Waals surface area contributed by atoms with Crippen LogP contribution in [0.5, 0.6) is 5.75 Å². The smallest absolute Gasteiger partial charge is 0.115 e. The first-order chi connectivity index (χ1) is 9.24. The molecule has 0 bridgehead atoms. The number of phenols is 1. The minimum absolute atomic E-state index is 0.337. The van der Waals surface area contributed by atoms with Crippen molar-refractivity contribution in [2.75, 3.05) is 13.2 Å². The Labute approximate surface area is 116 Å². The molecule has 1 saturated heterocycles. The van der Waals surface area contributed by atoms with Gasteiger partial charge in [0, 0.05) is 19.2 Å². The Balaban J connectivity index is 1.63. The fourth-order valence-corrected chi connectivity index (χ4v) is 2.45. The van der Waals surface area contributed by atoms with Crippen LogP contribution in [0.3, 0.4) is 0 Å². The molecule has 19 heavy (non-hydrogen) atoms. The van der Waals surface area contributed by atoms with E-state index in [4.69, 9.17) is 4.74 Å². The standard InChI is InChI=1S/C16H25NO2/c1-13(17-12-16-4-2-3-11-19-16)5-6-14-7-9-15(18)10-8-14/h7-10,13,16-18H,2-6,11-12H2,1H3. The Hall–Kier alpha value is -1.06. The van der Waals surface area contributed by atoms with E-state index in [9.17, 15) is 5.11 Å². The molecule has 2 atom stereocenters. The predicted molar refractivity (Wildman–Crippen MR) is 77.5 cm³/mol. The third-order valence-corrected chi connectivity index (χ3v) is 3.77. The molecule has 1 aromatic carbocycles. The maximum Gasteiger partial charge on any atom is 0.115 e. The molecule has 0 aromatic heterocycles. The van der Waals surface area contributed by atoms with Crippen LogP contribution >= 0.6 is 0 Å². The average molecular weight is 263 g/mol. The number of nitrogens with one attached hydrogen (secondary N) is 1. The zero-order chi connectivity index (χ0) is 13.5. The molecule has 0 spiro atoms. The molecule has 1 fully saturated rings. The maximum absolute atomic E-state index is 9.24. The van der Waals surface area contributed by atoms with Gasteiger partial charge in [0.25, 0.3) is 0 Å². The third-order valence-electron chi connectivity index (χ3n) is 3.77. The number of aromatic hydroxyl groups is 1. The first kappa shape index (κ1) is 14.4. The van der Waals surface area contributed by atoms with Crippen LogP contribution in [0.25, 0.3) is 0 Å². The van der Waals surface area contributed by atoms with E-state index < -0.39 is 0 Å². The van der Waals surface area contributed by atoms with E-state index in [-0.39, 0.29) is 0 Å². The third kappa shape index (κ3) is 5.21. The summed E-state index contributed by atoms with van der Waals surface area (Å²) in [6.45, 7) is 4.12. The summed E-state index contributed by atoms with van der Waals surface area (Å²) >= 11 is 0. The summed E-state index contributed by atoms with van der Waals surface area (Å²) in [5.74, 6) is 0.337. The van der Waals surface area contributed by atoms with Gasteiger partial charge < -0.3 is 15.2 Å². The van der Waals surface area contributed by atoms with Crippen molar-refractivity contribution in [1.82, 2.24) is 5.32 Å². The van der Waals surface area contributed by atoms with Gasteiger partial charge in [-0.1, -0.05) is 12.1 Å². The molecule has 106 valence electrons. The van der Waals surface area contributed by atoms with E-state index in [1.54, 1.807) is 12.1 Å². The van der Waals surface area contributed by atoms with Crippen LogP contribution in [-0.4, -0.2) is 30.4 Å². The predicted octanol–water partition coefficient (Wildman–Crippen LogP) is 2.87. The van der Waals surface area contributed by atoms with Gasteiger partial charge in [0.2, 0.25) is 0 Å². The van der Waals surface area contributed by atoms with Gasteiger partial charge in [-0.05, 0) is 56.7 Å². The van der Waals surface area contributed by atoms with Crippen molar-refractivity contribution < 1.29 is 9.84 Å². The van der Waals surface area contributed by atoms with Crippen LogP contribution in [0.15, 0.2) is 24.3 Å². The summed E-state index contributed by atoms with van der Waals surface area (Å²) in [5, 5.41) is 12.8. The average Bonchev–Trinajstić information content (AvgIpc) is 2.45. The second-order valence-corrected chi connectivity index (χ2v) is 5.50. The SMILES string of the molecule is CC(CCc1ccc(O)cc1)NCC1CCCCO1. The normalized spacial score (nSPS) is 21.2. The maximum atomic E-state index is 9.24. The monoisotopic (exact) mass is 263 g/mol. The number of phenolic OH excluding ortho intramolecular Hbond substituents is 1. The first-order valence-electron chi connectivity index (χ1n) is 7.37. The second kappa shape index (κ2) is 7.51. The summed E-state index contributed by atoms with van der Waals surface area (Å²) in [7, 11) is 0. The van der Waals surface area contributed by atoms with E-state index >= 15 is 0 Å². The molecule has 3 nitrogen and oxygen atoms in total. The lowest BCUT2D eigenvalue weighted by Gasteiger charge is -2.24. The van der Waals surface area contributed by atoms with Gasteiger partial charge in [-0.25, -0.2) is 0 Å². The topological polar surface area (TPSA) is 41.5 Å². The Kier molecular flexibility index (Phi) is 5.67. The molecule has 1 aromatic rings. The van der Waals surface area contributed by atoms with E-state index in [0.29, 0.717) is 17.9 Å². The Morgan fingerprint density at radius 2 is 2.11 bits per heavy atom. The lowest BCUT2D eigenvalue weighted by Crippen LogP contribution is -2.36. The minimum Gasteiger partial charge on any atom is -0.508 e. The molecule has 2 N–H and O–H groups in total. The molecular weight excluding hydrogens is 238 g/mol. The highest BCUT2D eigenvalue weighted by atomic mass is 16.5. The van der Waals surface area contributed by atoms with Crippen molar-refractivity contribution in [3.05, 3.63) is 29.8 Å². The van der Waals surface area contributed by atoms with E-state index in [1.807, 2.05) is 12.1 Å². The molecule has 1 aliphatic heterocycles. The fourth-order valence-electron chi connectivity index (χ4n) is 2.45. The number of hydrogen-bond donors (Lipinski definition) is 2. The van der Waals surface area contributed by atoms with Gasteiger partial charge in [0.1, 0.15) is 5.75 Å². The van der Waals surface area contributed by atoms with Crippen LogP contribution in [0, 0.1) is 0 Å². The summed E-state index contributed by atoms with van der Waals surface area (Å²) in [5.41, 5.74) is 1.28. The van der Waals surface area contributed by atoms with Gasteiger partial charge in [-0.2, -0.15) is 0 Å². The highest BCUT2D eigenvalue weighted by Gasteiger charge is 2.14. The molecule has 2 rings (SSSR count). The van der Waals surface area contributed by atoms with Gasteiger partial charge in [0.15, 0.2) is 0 Å². The quantitative estimate of drug-likeness (QED) is 0.829. The molecular formula is C16H25NO2. The van der Waals surface area contributed by atoms with Crippen molar-refractivity contribution in [3.63, 3.8) is 0 Å². The zero-order valence-corrected chi connectivity index (χ0v) is 11.8. The van der Waals surface area contributed by atoms with Gasteiger partial charge >= 0.3 is 0 Å². The Morgan fingerprint density at radius 1 is 1.32 bits per heavy atom. The lowest BCUT2D eigenvalue weighted by molar-refractivity contribution is 0.0155. The molecule has 2 unspecified atom stereocenters. The molecule has 0 amide bonds. The summed E-state index contributed by atoms with van der Waals surface area (Å²) in [4.78, 5) is 0. The summed E-state index contributed by atoms with van der Waals surface area (Å²) in [6, 6.07) is 7.99. The van der Waals surface area contributed by atoms with Crippen LogP contribution in [0.4, 0.5) is 0 Å². The Morgan fingerprint density at radius 3 is 2.79 bits per heavy atom. The Bertz CT molecular complexity index is 358. The van der Waals surface area contributed by atoms with Gasteiger partial charge in [-0.3, -0.25) is 0 Å². The van der Waals surface area contributed by atoms with Gasteiger partial charge in [-0.15, -0.1) is 0 Å². The largest absolute Gasteiger partial charge is 0.508 e. The van der Waals surface area contributed by atoms with E-state index in [1.165, 1.54) is 24.8 Å². The summed E-state index contributed by atoms with van der Waals surface area (Å²) < 4.78 is 5.71. The highest BCUT2D eigenvalue weighted by Crippen LogP contribution is 2.13. The number of aryl methyl sites for hydroxylation is 1. The molecule has 3 heteroatoms. The van der Waals surface area contributed by atoms with Gasteiger partial charge in [0.05, 0.1) is 6.10 Å². The van der Waals surface area contributed by atoms with E-state index in [2.05, 4.69) is 12.2 Å². The van der Waals surface area contributed by atoms with Crippen LogP contribution in [0.2, 0.25) is 0 Å². The second-order valence-electron chi connectivity index (χ2n) is 5.50. The van der Waals surface area contributed by atoms with Crippen molar-refractivity contribution in [2.24, 2.45) is 0 Å². The summed E-state index contributed by atoms with van der Waals surface area (Å²) in [6.07, 6.45) is 6.26. The lowest BCUT2D eigenvalue weighted by atomic mass is 10.1. The van der Waals surface area contributed by atoms with Crippen LogP contribution in [-0.2, 0) is 11.2 Å². The van der Waals surface area contributed by atoms with Crippen molar-refractivity contribution >= 4 is 0 Å². The molecule has 1 aliphatic rings. The molecule has 0 radical (unpaired) electrons. The molecule has 1 heterocycles. The van der Waals surface area contributed by atoms with Crippen LogP contribution in [0.1, 0.15) is 38.2 Å². The fraction of sp³-hybridized carbons (Fsp3) is 0.625. The highest BCUT2D eigenvalue weighted by molar-refractivity contribution is 5.25. The number of ether oxygens (including phenoxy) is 1. The first-order valence-corrected chi connectivity index (χ1v) is 7.37. The zero-order valence-electron chi connectivity index (χ0n) is 11.8. The minimum atomic E-state index is 0.337. The van der Waals surface area contributed by atoms with Crippen molar-refractivity contribution in [1.29, 1.82) is 0 Å².